The summed E-state index contributed by atoms with van der Waals surface area (Å²) in [5.41, 5.74) is 0. The van der Waals surface area contributed by atoms with Crippen LogP contribution in [-0.4, -0.2) is 76.1 Å². The Morgan fingerprint density at radius 3 is 2.62 bits per heavy atom. The summed E-state index contributed by atoms with van der Waals surface area (Å²) >= 11 is 0. The molecule has 2 rings (SSSR count). The van der Waals surface area contributed by atoms with E-state index < -0.39 is 0 Å². The second kappa shape index (κ2) is 15.9. The van der Waals surface area contributed by atoms with Gasteiger partial charge < -0.3 is 20.1 Å². The lowest BCUT2D eigenvalue weighted by Gasteiger charge is -2.26. The van der Waals surface area contributed by atoms with Crippen molar-refractivity contribution in [2.75, 3.05) is 59.1 Å². The molecule has 1 saturated carbocycles. The Balaban J connectivity index is 0.00000338. The lowest BCUT2D eigenvalue weighted by atomic mass is 9.98. The van der Waals surface area contributed by atoms with E-state index in [0.717, 1.165) is 77.9 Å². The van der Waals surface area contributed by atoms with Gasteiger partial charge >= 0.3 is 0 Å². The predicted molar refractivity (Wildman–Crippen MR) is 119 cm³/mol. The van der Waals surface area contributed by atoms with E-state index in [4.69, 9.17) is 9.47 Å². The van der Waals surface area contributed by atoms with Crippen molar-refractivity contribution in [1.29, 1.82) is 0 Å². The highest BCUT2D eigenvalue weighted by molar-refractivity contribution is 14.0. The van der Waals surface area contributed by atoms with Crippen molar-refractivity contribution < 1.29 is 9.47 Å². The van der Waals surface area contributed by atoms with Crippen molar-refractivity contribution in [3.8, 4) is 0 Å². The molecule has 2 fully saturated rings. The quantitative estimate of drug-likeness (QED) is 0.217. The number of ether oxygens (including phenoxy) is 2. The van der Waals surface area contributed by atoms with Crippen molar-refractivity contribution in [3.05, 3.63) is 0 Å². The molecular weight excluding hydrogens is 443 g/mol. The number of hydrogen-bond acceptors (Lipinski definition) is 4. The fourth-order valence-electron chi connectivity index (χ4n) is 3.41. The summed E-state index contributed by atoms with van der Waals surface area (Å²) in [4.78, 5) is 7.13. The van der Waals surface area contributed by atoms with Gasteiger partial charge in [-0.05, 0) is 39.2 Å². The third kappa shape index (κ3) is 10.9. The summed E-state index contributed by atoms with van der Waals surface area (Å²) in [6.45, 7) is 10.6. The second-order valence-corrected chi connectivity index (χ2v) is 6.98. The van der Waals surface area contributed by atoms with E-state index in [-0.39, 0.29) is 24.0 Å². The van der Waals surface area contributed by atoms with E-state index in [1.165, 1.54) is 32.1 Å². The van der Waals surface area contributed by atoms with Gasteiger partial charge in [0.25, 0.3) is 0 Å². The summed E-state index contributed by atoms with van der Waals surface area (Å²) in [5.74, 6) is 0.933. The molecule has 154 valence electrons. The Kier molecular flexibility index (Phi) is 14.6. The number of hydrogen-bond donors (Lipinski definition) is 2. The number of aliphatic imine (C=N–C) groups is 1. The molecule has 0 radical (unpaired) electrons. The molecule has 0 aromatic heterocycles. The Labute approximate surface area is 176 Å². The molecule has 0 bridgehead atoms. The van der Waals surface area contributed by atoms with Crippen LogP contribution in [0.15, 0.2) is 4.99 Å². The van der Waals surface area contributed by atoms with Crippen molar-refractivity contribution in [1.82, 2.24) is 15.5 Å². The number of rotatable bonds is 10. The molecule has 1 aliphatic carbocycles. The summed E-state index contributed by atoms with van der Waals surface area (Å²) in [5, 5.41) is 6.77. The van der Waals surface area contributed by atoms with Gasteiger partial charge in [0, 0.05) is 39.3 Å². The maximum Gasteiger partial charge on any atom is 0.191 e. The van der Waals surface area contributed by atoms with Gasteiger partial charge in [-0.2, -0.15) is 0 Å². The number of morpholine rings is 1. The minimum Gasteiger partial charge on any atom is -0.379 e. The monoisotopic (exact) mass is 482 g/mol. The second-order valence-electron chi connectivity index (χ2n) is 6.98. The highest BCUT2D eigenvalue weighted by atomic mass is 127. The number of nitrogens with zero attached hydrogens (tertiary/aromatic N) is 2. The van der Waals surface area contributed by atoms with Gasteiger partial charge in [0.2, 0.25) is 0 Å². The molecule has 0 spiro atoms. The van der Waals surface area contributed by atoms with Crippen LogP contribution in [0.25, 0.3) is 0 Å². The minimum absolute atomic E-state index is 0. The highest BCUT2D eigenvalue weighted by Gasteiger charge is 2.13. The van der Waals surface area contributed by atoms with Gasteiger partial charge in [-0.25, -0.2) is 0 Å². The molecule has 1 saturated heterocycles. The van der Waals surface area contributed by atoms with Crippen LogP contribution in [-0.2, 0) is 9.47 Å². The van der Waals surface area contributed by atoms with Crippen molar-refractivity contribution >= 4 is 29.9 Å². The fraction of sp³-hybridized carbons (Fsp3) is 0.947. The Hall–Kier alpha value is -0.120. The SMILES string of the molecule is CCNC(=NCCCOC1CCCCC1)NCCCN1CCOCC1.I. The number of halogens is 1. The van der Waals surface area contributed by atoms with Gasteiger partial charge in [0.1, 0.15) is 0 Å². The van der Waals surface area contributed by atoms with Crippen LogP contribution in [0.1, 0.15) is 51.9 Å². The first-order chi connectivity index (χ1) is 12.4. The van der Waals surface area contributed by atoms with Gasteiger partial charge in [-0.1, -0.05) is 19.3 Å². The normalized spacial score (nSPS) is 19.8. The Bertz CT molecular complexity index is 359. The lowest BCUT2D eigenvalue weighted by molar-refractivity contribution is 0.0281. The number of guanidine groups is 1. The molecule has 0 aromatic rings. The molecule has 26 heavy (non-hydrogen) atoms. The van der Waals surface area contributed by atoms with Gasteiger partial charge in [0.05, 0.1) is 19.3 Å². The molecule has 6 nitrogen and oxygen atoms in total. The third-order valence-corrected chi connectivity index (χ3v) is 4.87. The fourth-order valence-corrected chi connectivity index (χ4v) is 3.41. The third-order valence-electron chi connectivity index (χ3n) is 4.87. The van der Waals surface area contributed by atoms with Gasteiger partial charge in [-0.15, -0.1) is 24.0 Å². The van der Waals surface area contributed by atoms with E-state index in [2.05, 4.69) is 27.4 Å². The Morgan fingerprint density at radius 2 is 1.88 bits per heavy atom. The van der Waals surface area contributed by atoms with Crippen LogP contribution in [0, 0.1) is 0 Å². The van der Waals surface area contributed by atoms with Gasteiger partial charge in [0.15, 0.2) is 5.96 Å². The summed E-state index contributed by atoms with van der Waals surface area (Å²) in [6, 6.07) is 0. The minimum atomic E-state index is 0. The summed E-state index contributed by atoms with van der Waals surface area (Å²) < 4.78 is 11.3. The molecule has 0 amide bonds. The average Bonchev–Trinajstić information content (AvgIpc) is 2.66. The van der Waals surface area contributed by atoms with E-state index in [0.29, 0.717) is 6.10 Å². The van der Waals surface area contributed by atoms with Crippen LogP contribution in [0.3, 0.4) is 0 Å². The van der Waals surface area contributed by atoms with E-state index in [1.807, 2.05) is 0 Å². The van der Waals surface area contributed by atoms with E-state index in [1.54, 1.807) is 0 Å². The van der Waals surface area contributed by atoms with Crippen LogP contribution in [0.2, 0.25) is 0 Å². The zero-order valence-corrected chi connectivity index (χ0v) is 18.8. The molecule has 0 unspecified atom stereocenters. The van der Waals surface area contributed by atoms with Crippen molar-refractivity contribution in [2.24, 2.45) is 4.99 Å². The molecular formula is C19H39IN4O2. The first-order valence-corrected chi connectivity index (χ1v) is 10.3. The topological polar surface area (TPSA) is 58.1 Å². The van der Waals surface area contributed by atoms with Gasteiger partial charge in [-0.3, -0.25) is 9.89 Å². The summed E-state index contributed by atoms with van der Waals surface area (Å²) in [7, 11) is 0. The zero-order valence-electron chi connectivity index (χ0n) is 16.5. The van der Waals surface area contributed by atoms with E-state index in [9.17, 15) is 0 Å². The predicted octanol–water partition coefficient (Wildman–Crippen LogP) is 2.62. The smallest absolute Gasteiger partial charge is 0.191 e. The first-order valence-electron chi connectivity index (χ1n) is 10.3. The van der Waals surface area contributed by atoms with Crippen molar-refractivity contribution in [2.45, 2.75) is 58.0 Å². The maximum absolute atomic E-state index is 5.96. The first kappa shape index (κ1) is 23.9. The lowest BCUT2D eigenvalue weighted by Crippen LogP contribution is -2.40. The highest BCUT2D eigenvalue weighted by Crippen LogP contribution is 2.20. The molecule has 1 aliphatic heterocycles. The molecule has 0 aromatic carbocycles. The maximum atomic E-state index is 5.96. The van der Waals surface area contributed by atoms with E-state index >= 15 is 0 Å². The summed E-state index contributed by atoms with van der Waals surface area (Å²) in [6.07, 6.45) is 9.18. The van der Waals surface area contributed by atoms with Crippen LogP contribution >= 0.6 is 24.0 Å². The standard InChI is InChI=1S/C19H38N4O2.HI/c1-2-20-19(21-10-6-12-23-13-16-24-17-14-23)22-11-7-15-25-18-8-4-3-5-9-18;/h18H,2-17H2,1H3,(H2,20,21,22);1H. The van der Waals surface area contributed by atoms with Crippen molar-refractivity contribution in [3.63, 3.8) is 0 Å². The molecule has 7 heteroatoms. The molecule has 2 N–H and O–H groups in total. The average molecular weight is 482 g/mol. The van der Waals surface area contributed by atoms with Crippen LogP contribution < -0.4 is 10.6 Å². The zero-order chi connectivity index (χ0) is 17.6. The molecule has 0 atom stereocenters. The molecule has 1 heterocycles. The van der Waals surface area contributed by atoms with Crippen LogP contribution in [0.4, 0.5) is 0 Å². The largest absolute Gasteiger partial charge is 0.379 e. The Morgan fingerprint density at radius 1 is 1.12 bits per heavy atom. The molecule has 2 aliphatic rings. The van der Waals surface area contributed by atoms with Crippen LogP contribution in [0.5, 0.6) is 0 Å². The number of nitrogens with one attached hydrogen (secondary N) is 2.